The first-order chi connectivity index (χ1) is 16.0. The molecule has 3 unspecified atom stereocenters. The van der Waals surface area contributed by atoms with E-state index < -0.39 is 23.8 Å². The maximum Gasteiger partial charge on any atom is 0.408 e. The van der Waals surface area contributed by atoms with Gasteiger partial charge < -0.3 is 20.3 Å². The summed E-state index contributed by atoms with van der Waals surface area (Å²) in [5.74, 6) is -0.104. The van der Waals surface area contributed by atoms with E-state index in [1.54, 1.807) is 32.6 Å². The van der Waals surface area contributed by atoms with Crippen LogP contribution in [0.15, 0.2) is 18.2 Å². The Hall–Kier alpha value is -2.57. The normalized spacial score (nSPS) is 14.3. The highest BCUT2D eigenvalue weighted by Gasteiger charge is 2.38. The number of hydrogen-bond acceptors (Lipinski definition) is 4. The number of ether oxygens (including phenoxy) is 1. The second kappa shape index (κ2) is 12.9. The van der Waals surface area contributed by atoms with Gasteiger partial charge in [-0.3, -0.25) is 9.59 Å². The van der Waals surface area contributed by atoms with E-state index in [0.717, 1.165) is 29.5 Å². The minimum atomic E-state index is -0.869. The summed E-state index contributed by atoms with van der Waals surface area (Å²) in [6, 6.07) is 3.90. The fraction of sp³-hybridized carbons (Fsp3) is 0.679. The Balaban J connectivity index is 3.50. The minimum absolute atomic E-state index is 0.0870. The van der Waals surface area contributed by atoms with Crippen molar-refractivity contribution >= 4 is 17.9 Å². The summed E-state index contributed by atoms with van der Waals surface area (Å²) < 4.78 is 5.36. The molecule has 1 aromatic carbocycles. The van der Waals surface area contributed by atoms with Gasteiger partial charge in [0.25, 0.3) is 0 Å². The molecule has 7 heteroatoms. The zero-order valence-corrected chi connectivity index (χ0v) is 23.6. The van der Waals surface area contributed by atoms with Gasteiger partial charge in [-0.25, -0.2) is 4.79 Å². The van der Waals surface area contributed by atoms with Crippen LogP contribution < -0.4 is 10.6 Å². The summed E-state index contributed by atoms with van der Waals surface area (Å²) in [7, 11) is 0. The molecule has 35 heavy (non-hydrogen) atoms. The highest BCUT2D eigenvalue weighted by Crippen LogP contribution is 2.30. The van der Waals surface area contributed by atoms with E-state index >= 15 is 0 Å². The fourth-order valence-electron chi connectivity index (χ4n) is 4.00. The molecule has 0 fully saturated rings. The van der Waals surface area contributed by atoms with Crippen molar-refractivity contribution in [3.05, 3.63) is 34.9 Å². The minimum Gasteiger partial charge on any atom is -0.444 e. The summed E-state index contributed by atoms with van der Waals surface area (Å²) in [5, 5.41) is 5.67. The second-order valence-electron chi connectivity index (χ2n) is 11.4. The van der Waals surface area contributed by atoms with Gasteiger partial charge in [0.2, 0.25) is 11.8 Å². The van der Waals surface area contributed by atoms with Crippen molar-refractivity contribution in [3.63, 3.8) is 0 Å². The van der Waals surface area contributed by atoms with E-state index in [4.69, 9.17) is 4.74 Å². The first kappa shape index (κ1) is 30.5. The van der Waals surface area contributed by atoms with Crippen molar-refractivity contribution in [3.8, 4) is 0 Å². The molecule has 2 N–H and O–H groups in total. The average Bonchev–Trinajstić information content (AvgIpc) is 2.68. The summed E-state index contributed by atoms with van der Waals surface area (Å²) in [4.78, 5) is 41.5. The zero-order valence-electron chi connectivity index (χ0n) is 23.6. The van der Waals surface area contributed by atoms with Gasteiger partial charge in [-0.1, -0.05) is 37.6 Å². The first-order valence-corrected chi connectivity index (χ1v) is 12.7. The van der Waals surface area contributed by atoms with Gasteiger partial charge in [-0.2, -0.15) is 0 Å². The molecule has 0 aliphatic rings. The van der Waals surface area contributed by atoms with Crippen LogP contribution in [0.25, 0.3) is 0 Å². The lowest BCUT2D eigenvalue weighted by atomic mass is 9.93. The number of amides is 3. The number of nitrogens with one attached hydrogen (secondary N) is 2. The van der Waals surface area contributed by atoms with Crippen molar-refractivity contribution in [2.45, 2.75) is 119 Å². The Morgan fingerprint density at radius 1 is 0.943 bits per heavy atom. The maximum atomic E-state index is 13.9. The number of benzene rings is 1. The number of aryl methyl sites for hydroxylation is 2. The molecule has 0 saturated carbocycles. The van der Waals surface area contributed by atoms with E-state index in [1.807, 2.05) is 52.8 Å². The molecule has 7 nitrogen and oxygen atoms in total. The lowest BCUT2D eigenvalue weighted by Gasteiger charge is -2.39. The van der Waals surface area contributed by atoms with Gasteiger partial charge in [0.15, 0.2) is 0 Å². The molecule has 0 aliphatic heterocycles. The number of hydrogen-bond donors (Lipinski definition) is 2. The third-order valence-corrected chi connectivity index (χ3v) is 5.67. The maximum absolute atomic E-state index is 13.9. The van der Waals surface area contributed by atoms with Gasteiger partial charge >= 0.3 is 6.09 Å². The molecule has 3 atom stereocenters. The molecule has 0 heterocycles. The lowest BCUT2D eigenvalue weighted by molar-refractivity contribution is -0.145. The van der Waals surface area contributed by atoms with Gasteiger partial charge in [-0.05, 0) is 92.2 Å². The van der Waals surface area contributed by atoms with Crippen molar-refractivity contribution < 1.29 is 19.1 Å². The number of alkyl carbamates (subject to hydrolysis) is 1. The second-order valence-corrected chi connectivity index (χ2v) is 11.4. The summed E-state index contributed by atoms with van der Waals surface area (Å²) in [5.41, 5.74) is 2.12. The largest absolute Gasteiger partial charge is 0.444 e. The van der Waals surface area contributed by atoms with Crippen molar-refractivity contribution in [2.75, 3.05) is 0 Å². The van der Waals surface area contributed by atoms with Crippen LogP contribution >= 0.6 is 0 Å². The van der Waals surface area contributed by atoms with Gasteiger partial charge in [0.05, 0.1) is 0 Å². The van der Waals surface area contributed by atoms with Crippen molar-refractivity contribution in [1.82, 2.24) is 15.5 Å². The lowest BCUT2D eigenvalue weighted by Crippen LogP contribution is -2.55. The van der Waals surface area contributed by atoms with Crippen LogP contribution in [-0.2, 0) is 14.3 Å². The van der Waals surface area contributed by atoms with Crippen molar-refractivity contribution in [1.29, 1.82) is 0 Å². The molecule has 0 bridgehead atoms. The Kier molecular flexibility index (Phi) is 11.3. The summed E-state index contributed by atoms with van der Waals surface area (Å²) in [6.45, 7) is 21.0. The average molecular weight is 490 g/mol. The van der Waals surface area contributed by atoms with Crippen LogP contribution in [0.1, 0.15) is 97.9 Å². The van der Waals surface area contributed by atoms with Crippen LogP contribution in [0.3, 0.4) is 0 Å². The van der Waals surface area contributed by atoms with Crippen LogP contribution in [0.5, 0.6) is 0 Å². The van der Waals surface area contributed by atoms with E-state index in [0.29, 0.717) is 5.92 Å². The highest BCUT2D eigenvalue weighted by molar-refractivity contribution is 5.92. The topological polar surface area (TPSA) is 87.7 Å². The number of nitrogens with zero attached hydrogens (tertiary/aromatic N) is 1. The van der Waals surface area contributed by atoms with Crippen molar-refractivity contribution in [2.24, 2.45) is 5.92 Å². The third kappa shape index (κ3) is 9.90. The number of rotatable bonds is 10. The number of carbonyl (C=O) groups excluding carboxylic acids is 3. The van der Waals surface area contributed by atoms with Crippen LogP contribution in [-0.4, -0.2) is 46.5 Å². The molecule has 198 valence electrons. The standard InChI is InChI=1S/C28H47N3O4/c1-17(2)12-14-21(7)31(26(33)22(8)30-27(34)35-28(9,10)11)24(25(32)29-18(3)4)23-15-13-19(5)16-20(23)6/h13,15-18,21-22,24H,12,14H2,1-11H3,(H,29,32)(H,30,34). The Bertz CT molecular complexity index is 873. The predicted octanol–water partition coefficient (Wildman–Crippen LogP) is 5.44. The van der Waals surface area contributed by atoms with Gasteiger partial charge in [0.1, 0.15) is 17.7 Å². The van der Waals surface area contributed by atoms with E-state index in [-0.39, 0.29) is 23.9 Å². The first-order valence-electron chi connectivity index (χ1n) is 12.7. The molecule has 0 saturated heterocycles. The van der Waals surface area contributed by atoms with Gasteiger partial charge in [0, 0.05) is 12.1 Å². The fourth-order valence-corrected chi connectivity index (χ4v) is 4.00. The quantitative estimate of drug-likeness (QED) is 0.458. The zero-order chi connectivity index (χ0) is 27.1. The third-order valence-electron chi connectivity index (χ3n) is 5.67. The van der Waals surface area contributed by atoms with E-state index in [1.165, 1.54) is 0 Å². The van der Waals surface area contributed by atoms with Crippen LogP contribution in [0.4, 0.5) is 4.79 Å². The van der Waals surface area contributed by atoms with Gasteiger partial charge in [-0.15, -0.1) is 0 Å². The monoisotopic (exact) mass is 489 g/mol. The van der Waals surface area contributed by atoms with Crippen LogP contribution in [0.2, 0.25) is 0 Å². The summed E-state index contributed by atoms with van der Waals surface area (Å²) >= 11 is 0. The smallest absolute Gasteiger partial charge is 0.408 e. The molecule has 0 radical (unpaired) electrons. The van der Waals surface area contributed by atoms with E-state index in [9.17, 15) is 14.4 Å². The highest BCUT2D eigenvalue weighted by atomic mass is 16.6. The molecule has 0 spiro atoms. The Morgan fingerprint density at radius 3 is 2.03 bits per heavy atom. The predicted molar refractivity (Wildman–Crippen MR) is 141 cm³/mol. The summed E-state index contributed by atoms with van der Waals surface area (Å²) in [6.07, 6.45) is 0.978. The van der Waals surface area contributed by atoms with Crippen LogP contribution in [0, 0.1) is 19.8 Å². The SMILES string of the molecule is Cc1ccc(C(C(=O)NC(C)C)N(C(=O)C(C)NC(=O)OC(C)(C)C)C(C)CCC(C)C)c(C)c1. The molecular formula is C28H47N3O4. The Labute approximate surface area is 212 Å². The molecule has 0 aromatic heterocycles. The molecule has 1 rings (SSSR count). The molecule has 1 aromatic rings. The number of carbonyl (C=O) groups is 3. The molecule has 0 aliphatic carbocycles. The Morgan fingerprint density at radius 2 is 1.54 bits per heavy atom. The van der Waals surface area contributed by atoms with E-state index in [2.05, 4.69) is 24.5 Å². The molecule has 3 amide bonds. The molecular weight excluding hydrogens is 442 g/mol.